The van der Waals surface area contributed by atoms with Crippen molar-refractivity contribution in [1.82, 2.24) is 20.2 Å². The molecule has 22 heavy (non-hydrogen) atoms. The van der Waals surface area contributed by atoms with Gasteiger partial charge in [-0.25, -0.2) is 0 Å². The zero-order valence-electron chi connectivity index (χ0n) is 12.9. The van der Waals surface area contributed by atoms with Gasteiger partial charge in [-0.15, -0.1) is 0 Å². The number of rotatable bonds is 5. The minimum atomic E-state index is 0.0272. The van der Waals surface area contributed by atoms with Gasteiger partial charge in [0.05, 0.1) is 11.7 Å². The average Bonchev–Trinajstić information content (AvgIpc) is 3.19. The Labute approximate surface area is 128 Å². The summed E-state index contributed by atoms with van der Waals surface area (Å²) in [4.78, 5) is 18.5. The summed E-state index contributed by atoms with van der Waals surface area (Å²) < 4.78 is 10.4. The number of carbonyl (C=O) groups is 1. The number of amides is 1. The Hall–Kier alpha value is -2.18. The van der Waals surface area contributed by atoms with Gasteiger partial charge in [0.25, 0.3) is 0 Å². The highest BCUT2D eigenvalue weighted by Crippen LogP contribution is 2.32. The third-order valence-corrected chi connectivity index (χ3v) is 3.90. The summed E-state index contributed by atoms with van der Waals surface area (Å²) in [7, 11) is 0. The summed E-state index contributed by atoms with van der Waals surface area (Å²) in [6, 6.07) is 1.94. The number of hydrogen-bond donors (Lipinski definition) is 0. The molecule has 0 aromatic carbocycles. The second-order valence-corrected chi connectivity index (χ2v) is 5.70. The second kappa shape index (κ2) is 6.29. The fraction of sp³-hybridized carbons (Fsp3) is 0.600. The maximum absolute atomic E-state index is 12.4. The van der Waals surface area contributed by atoms with E-state index in [1.54, 1.807) is 6.92 Å². The van der Waals surface area contributed by atoms with Gasteiger partial charge in [-0.3, -0.25) is 4.79 Å². The van der Waals surface area contributed by atoms with Crippen molar-refractivity contribution in [2.75, 3.05) is 6.54 Å². The van der Waals surface area contributed by atoms with Gasteiger partial charge in [-0.1, -0.05) is 10.3 Å². The van der Waals surface area contributed by atoms with Gasteiger partial charge in [0.15, 0.2) is 11.6 Å². The Morgan fingerprint density at radius 3 is 2.91 bits per heavy atom. The highest BCUT2D eigenvalue weighted by Gasteiger charge is 2.32. The predicted octanol–water partition coefficient (Wildman–Crippen LogP) is 2.36. The van der Waals surface area contributed by atoms with Crippen LogP contribution in [0.2, 0.25) is 0 Å². The molecule has 0 N–H and O–H groups in total. The molecule has 118 valence electrons. The number of hydrogen-bond acceptors (Lipinski definition) is 6. The zero-order valence-corrected chi connectivity index (χ0v) is 12.9. The Balaban J connectivity index is 1.54. The fourth-order valence-corrected chi connectivity index (χ4v) is 2.88. The minimum Gasteiger partial charge on any atom is -0.359 e. The van der Waals surface area contributed by atoms with Crippen molar-refractivity contribution in [3.05, 3.63) is 29.2 Å². The quantitative estimate of drug-likeness (QED) is 0.843. The van der Waals surface area contributed by atoms with Crippen molar-refractivity contribution in [2.24, 2.45) is 0 Å². The van der Waals surface area contributed by atoms with Crippen LogP contribution in [0.3, 0.4) is 0 Å². The molecule has 3 rings (SSSR count). The third-order valence-electron chi connectivity index (χ3n) is 3.90. The Bertz CT molecular complexity index is 649. The summed E-state index contributed by atoms with van der Waals surface area (Å²) in [5, 5.41) is 7.66. The standard InChI is InChI=1S/C15H20N4O3/c1-10-9-13(21-17-10)12-5-4-8-19(12)15(20)7-3-6-14-16-11(2)18-22-14/h9,12H,3-8H2,1-2H3/t12-/m0/s1. The van der Waals surface area contributed by atoms with Gasteiger partial charge < -0.3 is 13.9 Å². The van der Waals surface area contributed by atoms with Crippen LogP contribution in [-0.2, 0) is 11.2 Å². The first-order chi connectivity index (χ1) is 10.6. The molecule has 0 bridgehead atoms. The van der Waals surface area contributed by atoms with Crippen molar-refractivity contribution < 1.29 is 13.8 Å². The molecule has 1 aliphatic rings. The van der Waals surface area contributed by atoms with Crippen LogP contribution < -0.4 is 0 Å². The van der Waals surface area contributed by atoms with Crippen LogP contribution in [0.25, 0.3) is 0 Å². The van der Waals surface area contributed by atoms with Gasteiger partial charge >= 0.3 is 0 Å². The van der Waals surface area contributed by atoms with E-state index >= 15 is 0 Å². The summed E-state index contributed by atoms with van der Waals surface area (Å²) in [5.41, 5.74) is 0.848. The number of aryl methyl sites for hydroxylation is 3. The van der Waals surface area contributed by atoms with E-state index in [-0.39, 0.29) is 11.9 Å². The van der Waals surface area contributed by atoms with Gasteiger partial charge in [-0.05, 0) is 33.1 Å². The summed E-state index contributed by atoms with van der Waals surface area (Å²) in [6.45, 7) is 4.45. The molecule has 0 saturated carbocycles. The van der Waals surface area contributed by atoms with Crippen LogP contribution in [-0.4, -0.2) is 32.6 Å². The van der Waals surface area contributed by atoms with E-state index in [4.69, 9.17) is 9.05 Å². The molecule has 0 unspecified atom stereocenters. The smallest absolute Gasteiger partial charge is 0.226 e. The summed E-state index contributed by atoms with van der Waals surface area (Å²) >= 11 is 0. The molecule has 2 aromatic heterocycles. The highest BCUT2D eigenvalue weighted by molar-refractivity contribution is 5.76. The Morgan fingerprint density at radius 1 is 1.36 bits per heavy atom. The minimum absolute atomic E-state index is 0.0272. The maximum Gasteiger partial charge on any atom is 0.226 e. The van der Waals surface area contributed by atoms with Crippen LogP contribution >= 0.6 is 0 Å². The first-order valence-corrected chi connectivity index (χ1v) is 7.65. The third kappa shape index (κ3) is 3.18. The van der Waals surface area contributed by atoms with E-state index < -0.39 is 0 Å². The molecule has 3 heterocycles. The lowest BCUT2D eigenvalue weighted by Gasteiger charge is -2.22. The van der Waals surface area contributed by atoms with Crippen molar-refractivity contribution in [1.29, 1.82) is 0 Å². The topological polar surface area (TPSA) is 85.3 Å². The average molecular weight is 304 g/mol. The highest BCUT2D eigenvalue weighted by atomic mass is 16.5. The first kappa shape index (κ1) is 14.7. The number of nitrogens with zero attached hydrogens (tertiary/aromatic N) is 4. The van der Waals surface area contributed by atoms with E-state index in [9.17, 15) is 4.79 Å². The van der Waals surface area contributed by atoms with Crippen LogP contribution in [0.4, 0.5) is 0 Å². The largest absolute Gasteiger partial charge is 0.359 e. The monoisotopic (exact) mass is 304 g/mol. The molecule has 7 heteroatoms. The first-order valence-electron chi connectivity index (χ1n) is 7.65. The van der Waals surface area contributed by atoms with Crippen molar-refractivity contribution in [3.63, 3.8) is 0 Å². The molecule has 1 amide bonds. The molecule has 0 radical (unpaired) electrons. The Kier molecular flexibility index (Phi) is 4.22. The molecular weight excluding hydrogens is 284 g/mol. The molecule has 0 aliphatic carbocycles. The van der Waals surface area contributed by atoms with Gasteiger partial charge in [0.1, 0.15) is 0 Å². The van der Waals surface area contributed by atoms with E-state index in [0.717, 1.165) is 30.8 Å². The SMILES string of the molecule is Cc1cc([C@@H]2CCCN2C(=O)CCCc2nc(C)no2)on1. The number of likely N-dealkylation sites (tertiary alicyclic amines) is 1. The van der Waals surface area contributed by atoms with Crippen LogP contribution in [0, 0.1) is 13.8 Å². The summed E-state index contributed by atoms with van der Waals surface area (Å²) in [6.07, 6.45) is 3.75. The zero-order chi connectivity index (χ0) is 15.5. The van der Waals surface area contributed by atoms with Gasteiger partial charge in [-0.2, -0.15) is 4.98 Å². The normalized spacial score (nSPS) is 18.1. The second-order valence-electron chi connectivity index (χ2n) is 5.70. The lowest BCUT2D eigenvalue weighted by Crippen LogP contribution is -2.30. The molecule has 1 saturated heterocycles. The molecule has 2 aromatic rings. The molecule has 0 spiro atoms. The van der Waals surface area contributed by atoms with Crippen LogP contribution in [0.5, 0.6) is 0 Å². The molecule has 7 nitrogen and oxygen atoms in total. The van der Waals surface area contributed by atoms with Gasteiger partial charge in [0, 0.05) is 25.5 Å². The van der Waals surface area contributed by atoms with E-state index in [1.807, 2.05) is 17.9 Å². The fourth-order valence-electron chi connectivity index (χ4n) is 2.88. The van der Waals surface area contributed by atoms with Crippen molar-refractivity contribution >= 4 is 5.91 Å². The predicted molar refractivity (Wildman–Crippen MR) is 76.9 cm³/mol. The molecular formula is C15H20N4O3. The van der Waals surface area contributed by atoms with E-state index in [2.05, 4.69) is 15.3 Å². The maximum atomic E-state index is 12.4. The van der Waals surface area contributed by atoms with E-state index in [0.29, 0.717) is 31.0 Å². The Morgan fingerprint density at radius 2 is 2.23 bits per heavy atom. The van der Waals surface area contributed by atoms with Crippen LogP contribution in [0.15, 0.2) is 15.1 Å². The van der Waals surface area contributed by atoms with Crippen LogP contribution in [0.1, 0.15) is 54.9 Å². The van der Waals surface area contributed by atoms with Crippen molar-refractivity contribution in [2.45, 2.75) is 52.0 Å². The van der Waals surface area contributed by atoms with E-state index in [1.165, 1.54) is 0 Å². The molecule has 1 aliphatic heterocycles. The molecule has 1 fully saturated rings. The number of carbonyl (C=O) groups excluding carboxylic acids is 1. The lowest BCUT2D eigenvalue weighted by molar-refractivity contribution is -0.132. The molecule has 1 atom stereocenters. The van der Waals surface area contributed by atoms with Crippen molar-refractivity contribution in [3.8, 4) is 0 Å². The van der Waals surface area contributed by atoms with Gasteiger partial charge in [0.2, 0.25) is 11.8 Å². The lowest BCUT2D eigenvalue weighted by atomic mass is 10.1. The number of aromatic nitrogens is 3. The summed E-state index contributed by atoms with van der Waals surface area (Å²) in [5.74, 6) is 2.15.